The molecule has 1 N–H and O–H groups in total. The largest absolute Gasteiger partial charge is 0.365 e. The Bertz CT molecular complexity index is 774. The number of anilines is 1. The molecule has 2 heterocycles. The Labute approximate surface area is 155 Å². The van der Waals surface area contributed by atoms with Crippen molar-refractivity contribution in [2.75, 3.05) is 25.0 Å². The molecule has 3 atom stereocenters. The van der Waals surface area contributed by atoms with E-state index < -0.39 is 0 Å². The SMILES string of the molecule is CC(Cc1ccccc1N1CC2CC1CN2C)NC(=O)c1ccccc1. The maximum Gasteiger partial charge on any atom is 0.251 e. The Morgan fingerprint density at radius 3 is 2.50 bits per heavy atom. The summed E-state index contributed by atoms with van der Waals surface area (Å²) in [6.45, 7) is 4.35. The topological polar surface area (TPSA) is 35.6 Å². The third kappa shape index (κ3) is 3.34. The number of amides is 1. The van der Waals surface area contributed by atoms with E-state index in [9.17, 15) is 4.79 Å². The van der Waals surface area contributed by atoms with Crippen molar-refractivity contribution in [1.82, 2.24) is 10.2 Å². The number of benzene rings is 2. The summed E-state index contributed by atoms with van der Waals surface area (Å²) < 4.78 is 0. The number of carbonyl (C=O) groups excluding carboxylic acids is 1. The van der Waals surface area contributed by atoms with Gasteiger partial charge < -0.3 is 10.2 Å². The standard InChI is InChI=1S/C22H27N3O/c1-16(23-22(26)17-8-4-3-5-9-17)12-18-10-6-7-11-21(18)25-15-19-13-20(25)14-24(19)2/h3-11,16,19-20H,12-15H2,1-2H3,(H,23,26). The molecule has 0 spiro atoms. The van der Waals surface area contributed by atoms with Crippen LogP contribution in [0.5, 0.6) is 0 Å². The highest BCUT2D eigenvalue weighted by Crippen LogP contribution is 2.35. The highest BCUT2D eigenvalue weighted by molar-refractivity contribution is 5.94. The normalized spacial score (nSPS) is 23.2. The van der Waals surface area contributed by atoms with Crippen LogP contribution in [-0.2, 0) is 6.42 Å². The Hall–Kier alpha value is -2.33. The van der Waals surface area contributed by atoms with Gasteiger partial charge in [-0.25, -0.2) is 0 Å². The van der Waals surface area contributed by atoms with Gasteiger partial charge in [0.15, 0.2) is 0 Å². The van der Waals surface area contributed by atoms with E-state index in [1.54, 1.807) is 0 Å². The second kappa shape index (κ2) is 7.12. The van der Waals surface area contributed by atoms with E-state index in [4.69, 9.17) is 0 Å². The lowest BCUT2D eigenvalue weighted by Gasteiger charge is -2.35. The summed E-state index contributed by atoms with van der Waals surface area (Å²) in [5.74, 6) is -0.00237. The van der Waals surface area contributed by atoms with Crippen molar-refractivity contribution in [2.24, 2.45) is 0 Å². The third-order valence-electron chi connectivity index (χ3n) is 5.76. The predicted molar refractivity (Wildman–Crippen MR) is 106 cm³/mol. The van der Waals surface area contributed by atoms with Gasteiger partial charge in [0.2, 0.25) is 0 Å². The first kappa shape index (κ1) is 17.1. The Kier molecular flexibility index (Phi) is 4.68. The van der Waals surface area contributed by atoms with Crippen LogP contribution in [-0.4, -0.2) is 49.1 Å². The van der Waals surface area contributed by atoms with Crippen LogP contribution >= 0.6 is 0 Å². The van der Waals surface area contributed by atoms with E-state index in [1.807, 2.05) is 30.3 Å². The Morgan fingerprint density at radius 1 is 1.08 bits per heavy atom. The minimum atomic E-state index is -0.00237. The molecule has 3 unspecified atom stereocenters. The van der Waals surface area contributed by atoms with E-state index in [0.717, 1.165) is 19.5 Å². The molecule has 2 bridgehead atoms. The number of hydrogen-bond donors (Lipinski definition) is 1. The van der Waals surface area contributed by atoms with E-state index in [2.05, 4.69) is 53.4 Å². The predicted octanol–water partition coefficient (Wildman–Crippen LogP) is 2.94. The summed E-state index contributed by atoms with van der Waals surface area (Å²) in [7, 11) is 2.23. The molecule has 0 saturated carbocycles. The van der Waals surface area contributed by atoms with Crippen LogP contribution < -0.4 is 10.2 Å². The molecule has 2 saturated heterocycles. The van der Waals surface area contributed by atoms with Crippen LogP contribution in [0.4, 0.5) is 5.69 Å². The van der Waals surface area contributed by atoms with Crippen molar-refractivity contribution in [1.29, 1.82) is 0 Å². The van der Waals surface area contributed by atoms with Crippen LogP contribution in [0.25, 0.3) is 0 Å². The number of piperazine rings is 1. The molecule has 26 heavy (non-hydrogen) atoms. The van der Waals surface area contributed by atoms with Crippen LogP contribution in [0, 0.1) is 0 Å². The number of fused-ring (bicyclic) bond motifs is 2. The summed E-state index contributed by atoms with van der Waals surface area (Å²) >= 11 is 0. The zero-order valence-corrected chi connectivity index (χ0v) is 15.6. The number of likely N-dealkylation sites (tertiary alicyclic amines) is 1. The van der Waals surface area contributed by atoms with Gasteiger partial charge in [0.05, 0.1) is 0 Å². The average Bonchev–Trinajstić information content (AvgIpc) is 3.22. The first-order valence-corrected chi connectivity index (χ1v) is 9.52. The second-order valence-corrected chi connectivity index (χ2v) is 7.71. The third-order valence-corrected chi connectivity index (χ3v) is 5.76. The van der Waals surface area contributed by atoms with Gasteiger partial charge in [-0.3, -0.25) is 9.69 Å². The number of carbonyl (C=O) groups is 1. The Morgan fingerprint density at radius 2 is 1.81 bits per heavy atom. The molecule has 2 fully saturated rings. The van der Waals surface area contributed by atoms with Crippen molar-refractivity contribution in [3.8, 4) is 0 Å². The summed E-state index contributed by atoms with van der Waals surface area (Å²) in [4.78, 5) is 17.5. The molecule has 2 aromatic carbocycles. The van der Waals surface area contributed by atoms with E-state index in [1.165, 1.54) is 17.7 Å². The quantitative estimate of drug-likeness (QED) is 0.901. The zero-order chi connectivity index (χ0) is 18.1. The Balaban J connectivity index is 1.45. The molecule has 2 aliphatic heterocycles. The molecule has 4 rings (SSSR count). The molecular weight excluding hydrogens is 322 g/mol. The molecular formula is C22H27N3O. The van der Waals surface area contributed by atoms with Gasteiger partial charge in [-0.15, -0.1) is 0 Å². The van der Waals surface area contributed by atoms with E-state index in [-0.39, 0.29) is 11.9 Å². The molecule has 2 aromatic rings. The molecule has 0 radical (unpaired) electrons. The highest BCUT2D eigenvalue weighted by Gasteiger charge is 2.41. The van der Waals surface area contributed by atoms with Crippen LogP contribution in [0.15, 0.2) is 54.6 Å². The maximum absolute atomic E-state index is 12.4. The number of rotatable bonds is 5. The lowest BCUT2D eigenvalue weighted by Crippen LogP contribution is -2.45. The van der Waals surface area contributed by atoms with Gasteiger partial charge in [0.25, 0.3) is 5.91 Å². The first-order chi connectivity index (χ1) is 12.6. The molecule has 1 amide bonds. The molecule has 4 heteroatoms. The van der Waals surface area contributed by atoms with Crippen molar-refractivity contribution < 1.29 is 4.79 Å². The average molecular weight is 349 g/mol. The summed E-state index contributed by atoms with van der Waals surface area (Å²) in [6, 6.07) is 19.5. The molecule has 0 aromatic heterocycles. The lowest BCUT2D eigenvalue weighted by molar-refractivity contribution is 0.0940. The number of nitrogens with zero attached hydrogens (tertiary/aromatic N) is 2. The van der Waals surface area contributed by atoms with E-state index in [0.29, 0.717) is 17.6 Å². The minimum absolute atomic E-state index is 0.00237. The number of hydrogen-bond acceptors (Lipinski definition) is 3. The summed E-state index contributed by atoms with van der Waals surface area (Å²) in [6.07, 6.45) is 2.11. The zero-order valence-electron chi connectivity index (χ0n) is 15.6. The van der Waals surface area contributed by atoms with Gasteiger partial charge in [0, 0.05) is 42.5 Å². The van der Waals surface area contributed by atoms with Gasteiger partial charge >= 0.3 is 0 Å². The number of para-hydroxylation sites is 1. The van der Waals surface area contributed by atoms with Crippen molar-refractivity contribution in [3.63, 3.8) is 0 Å². The number of likely N-dealkylation sites (N-methyl/N-ethyl adjacent to an activating group) is 1. The van der Waals surface area contributed by atoms with Crippen molar-refractivity contribution in [3.05, 3.63) is 65.7 Å². The molecule has 4 nitrogen and oxygen atoms in total. The van der Waals surface area contributed by atoms with Crippen LogP contribution in [0.3, 0.4) is 0 Å². The van der Waals surface area contributed by atoms with Crippen molar-refractivity contribution >= 4 is 11.6 Å². The van der Waals surface area contributed by atoms with Gasteiger partial charge in [-0.05, 0) is 50.6 Å². The first-order valence-electron chi connectivity index (χ1n) is 9.52. The molecule has 136 valence electrons. The molecule has 0 aliphatic carbocycles. The fourth-order valence-corrected chi connectivity index (χ4v) is 4.40. The van der Waals surface area contributed by atoms with Crippen LogP contribution in [0.2, 0.25) is 0 Å². The fraction of sp³-hybridized carbons (Fsp3) is 0.409. The van der Waals surface area contributed by atoms with Gasteiger partial charge in [0.1, 0.15) is 0 Å². The van der Waals surface area contributed by atoms with Gasteiger partial charge in [-0.1, -0.05) is 36.4 Å². The second-order valence-electron chi connectivity index (χ2n) is 7.71. The molecule has 2 aliphatic rings. The van der Waals surface area contributed by atoms with Gasteiger partial charge in [-0.2, -0.15) is 0 Å². The number of nitrogens with one attached hydrogen (secondary N) is 1. The smallest absolute Gasteiger partial charge is 0.251 e. The monoisotopic (exact) mass is 349 g/mol. The van der Waals surface area contributed by atoms with Crippen LogP contribution in [0.1, 0.15) is 29.3 Å². The minimum Gasteiger partial charge on any atom is -0.365 e. The summed E-state index contributed by atoms with van der Waals surface area (Å²) in [5.41, 5.74) is 3.38. The van der Waals surface area contributed by atoms with Crippen molar-refractivity contribution in [2.45, 2.75) is 37.9 Å². The fourth-order valence-electron chi connectivity index (χ4n) is 4.40. The van der Waals surface area contributed by atoms with E-state index >= 15 is 0 Å². The maximum atomic E-state index is 12.4. The highest BCUT2D eigenvalue weighted by atomic mass is 16.1. The lowest BCUT2D eigenvalue weighted by atomic mass is 10.0. The summed E-state index contributed by atoms with van der Waals surface area (Å²) in [5, 5.41) is 3.14.